The monoisotopic (exact) mass is 303 g/mol. The molecule has 0 aromatic heterocycles. The first-order valence-corrected chi connectivity index (χ1v) is 8.51. The largest absolute Gasteiger partial charge is 0.302 e. The van der Waals surface area contributed by atoms with Gasteiger partial charge in [-0.15, -0.1) is 0 Å². The Labute approximate surface area is 127 Å². The fourth-order valence-corrected chi connectivity index (χ4v) is 3.79. The lowest BCUT2D eigenvalue weighted by Gasteiger charge is -2.23. The highest BCUT2D eigenvalue weighted by atomic mass is 32.2. The van der Waals surface area contributed by atoms with Crippen LogP contribution in [0.15, 0.2) is 64.4 Å². The van der Waals surface area contributed by atoms with Gasteiger partial charge in [0.1, 0.15) is 0 Å². The second-order valence-electron chi connectivity index (χ2n) is 5.27. The Balaban J connectivity index is 2.35. The second-order valence-corrected chi connectivity index (χ2v) is 7.22. The lowest BCUT2D eigenvalue weighted by atomic mass is 10.0. The molecular formula is C17H21NO2S. The maximum atomic E-state index is 12.5. The molecule has 2 aromatic rings. The van der Waals surface area contributed by atoms with E-state index in [4.69, 9.17) is 0 Å². The fourth-order valence-electron chi connectivity index (χ4n) is 2.50. The first-order valence-electron chi connectivity index (χ1n) is 7.03. The summed E-state index contributed by atoms with van der Waals surface area (Å²) in [4.78, 5) is 2.81. The quantitative estimate of drug-likeness (QED) is 0.848. The van der Waals surface area contributed by atoms with E-state index in [9.17, 15) is 8.42 Å². The standard InChI is InChI=1S/C17H21NO2S/c1-4-17(18(2)3)14-10-12-16(13-11-14)21(19,20)15-8-6-5-7-9-15/h5-13,17H,4H2,1-3H3/t17-/m1/s1. The molecule has 2 rings (SSSR count). The van der Waals surface area contributed by atoms with Crippen molar-refractivity contribution < 1.29 is 8.42 Å². The first-order chi connectivity index (χ1) is 9.96. The van der Waals surface area contributed by atoms with Crippen LogP contribution in [0.5, 0.6) is 0 Å². The SMILES string of the molecule is CC[C@H](c1ccc(S(=O)(=O)c2ccccc2)cc1)N(C)C. The van der Waals surface area contributed by atoms with Gasteiger partial charge in [0.15, 0.2) is 0 Å². The summed E-state index contributed by atoms with van der Waals surface area (Å²) in [6.07, 6.45) is 0.984. The lowest BCUT2D eigenvalue weighted by Crippen LogP contribution is -2.19. The van der Waals surface area contributed by atoms with E-state index in [0.29, 0.717) is 15.8 Å². The topological polar surface area (TPSA) is 37.4 Å². The van der Waals surface area contributed by atoms with E-state index in [-0.39, 0.29) is 0 Å². The van der Waals surface area contributed by atoms with Gasteiger partial charge < -0.3 is 4.90 Å². The molecule has 3 nitrogen and oxygen atoms in total. The fraction of sp³-hybridized carbons (Fsp3) is 0.294. The summed E-state index contributed by atoms with van der Waals surface area (Å²) in [6.45, 7) is 2.12. The van der Waals surface area contributed by atoms with Crippen LogP contribution in [0.25, 0.3) is 0 Å². The predicted octanol–water partition coefficient (Wildman–Crippen LogP) is 3.53. The van der Waals surface area contributed by atoms with Crippen molar-refractivity contribution >= 4 is 9.84 Å². The minimum atomic E-state index is -3.42. The third kappa shape index (κ3) is 3.34. The van der Waals surface area contributed by atoms with Crippen molar-refractivity contribution in [1.29, 1.82) is 0 Å². The molecule has 21 heavy (non-hydrogen) atoms. The molecule has 1 atom stereocenters. The van der Waals surface area contributed by atoms with E-state index >= 15 is 0 Å². The van der Waals surface area contributed by atoms with E-state index < -0.39 is 9.84 Å². The van der Waals surface area contributed by atoms with Gasteiger partial charge in [0.05, 0.1) is 9.79 Å². The number of benzene rings is 2. The van der Waals surface area contributed by atoms with Crippen LogP contribution in [0.4, 0.5) is 0 Å². The Morgan fingerprint density at radius 2 is 1.43 bits per heavy atom. The minimum Gasteiger partial charge on any atom is -0.302 e. The zero-order valence-corrected chi connectivity index (χ0v) is 13.5. The molecule has 4 heteroatoms. The average Bonchev–Trinajstić information content (AvgIpc) is 2.49. The highest BCUT2D eigenvalue weighted by Gasteiger charge is 2.18. The summed E-state index contributed by atoms with van der Waals surface area (Å²) in [7, 11) is 0.639. The molecule has 0 fully saturated rings. The molecule has 0 radical (unpaired) electrons. The molecule has 0 unspecified atom stereocenters. The molecule has 0 saturated heterocycles. The molecule has 0 aliphatic carbocycles. The minimum absolute atomic E-state index is 0.304. The van der Waals surface area contributed by atoms with Crippen molar-refractivity contribution in [3.63, 3.8) is 0 Å². The number of nitrogens with zero attached hydrogens (tertiary/aromatic N) is 1. The smallest absolute Gasteiger partial charge is 0.206 e. The molecule has 0 saturated carbocycles. The van der Waals surface area contributed by atoms with Gasteiger partial charge in [0.2, 0.25) is 9.84 Å². The van der Waals surface area contributed by atoms with Crippen LogP contribution in [0.1, 0.15) is 24.9 Å². The van der Waals surface area contributed by atoms with E-state index in [1.165, 1.54) is 0 Å². The number of hydrogen-bond donors (Lipinski definition) is 0. The summed E-state index contributed by atoms with van der Waals surface area (Å²) in [6, 6.07) is 16.0. The summed E-state index contributed by atoms with van der Waals surface area (Å²) in [5.74, 6) is 0. The zero-order chi connectivity index (χ0) is 15.5. The molecule has 0 amide bonds. The Bertz CT molecular complexity index is 676. The van der Waals surface area contributed by atoms with E-state index in [1.54, 1.807) is 36.4 Å². The normalized spacial score (nSPS) is 13.3. The lowest BCUT2D eigenvalue weighted by molar-refractivity contribution is 0.292. The molecule has 0 heterocycles. The summed E-state index contributed by atoms with van der Waals surface area (Å²) < 4.78 is 25.0. The van der Waals surface area contributed by atoms with Crippen LogP contribution in [0.3, 0.4) is 0 Å². The highest BCUT2D eigenvalue weighted by Crippen LogP contribution is 2.25. The van der Waals surface area contributed by atoms with Gasteiger partial charge in [0, 0.05) is 6.04 Å². The molecule has 0 N–H and O–H groups in total. The van der Waals surface area contributed by atoms with Gasteiger partial charge in [-0.3, -0.25) is 0 Å². The van der Waals surface area contributed by atoms with Crippen LogP contribution < -0.4 is 0 Å². The zero-order valence-electron chi connectivity index (χ0n) is 12.7. The second kappa shape index (κ2) is 6.41. The van der Waals surface area contributed by atoms with Crippen molar-refractivity contribution in [3.8, 4) is 0 Å². The number of hydrogen-bond acceptors (Lipinski definition) is 3. The van der Waals surface area contributed by atoms with Crippen molar-refractivity contribution in [3.05, 3.63) is 60.2 Å². The van der Waals surface area contributed by atoms with E-state index in [2.05, 4.69) is 11.8 Å². The predicted molar refractivity (Wildman–Crippen MR) is 85.1 cm³/mol. The molecule has 0 spiro atoms. The Morgan fingerprint density at radius 1 is 0.905 bits per heavy atom. The molecule has 0 bridgehead atoms. The maximum absolute atomic E-state index is 12.5. The van der Waals surface area contributed by atoms with Gasteiger partial charge in [-0.05, 0) is 50.3 Å². The molecular weight excluding hydrogens is 282 g/mol. The molecule has 0 aliphatic rings. The number of sulfone groups is 1. The highest BCUT2D eigenvalue weighted by molar-refractivity contribution is 7.91. The van der Waals surface area contributed by atoms with Crippen molar-refractivity contribution in [2.45, 2.75) is 29.2 Å². The molecule has 2 aromatic carbocycles. The van der Waals surface area contributed by atoms with Gasteiger partial charge in [-0.1, -0.05) is 37.3 Å². The summed E-state index contributed by atoms with van der Waals surface area (Å²) in [5, 5.41) is 0. The van der Waals surface area contributed by atoms with Crippen LogP contribution in [-0.2, 0) is 9.84 Å². The van der Waals surface area contributed by atoms with Gasteiger partial charge in [-0.2, -0.15) is 0 Å². The van der Waals surface area contributed by atoms with Crippen molar-refractivity contribution in [2.75, 3.05) is 14.1 Å². The molecule has 112 valence electrons. The third-order valence-corrected chi connectivity index (χ3v) is 5.42. The van der Waals surface area contributed by atoms with Gasteiger partial charge >= 0.3 is 0 Å². The Kier molecular flexibility index (Phi) is 4.80. The van der Waals surface area contributed by atoms with Crippen LogP contribution >= 0.6 is 0 Å². The van der Waals surface area contributed by atoms with E-state index in [1.807, 2.05) is 32.3 Å². The van der Waals surface area contributed by atoms with Crippen LogP contribution in [-0.4, -0.2) is 27.4 Å². The van der Waals surface area contributed by atoms with Crippen molar-refractivity contribution in [2.24, 2.45) is 0 Å². The average molecular weight is 303 g/mol. The first kappa shape index (κ1) is 15.7. The van der Waals surface area contributed by atoms with Crippen molar-refractivity contribution in [1.82, 2.24) is 4.90 Å². The third-order valence-electron chi connectivity index (χ3n) is 3.64. The van der Waals surface area contributed by atoms with E-state index in [0.717, 1.165) is 12.0 Å². The Morgan fingerprint density at radius 3 is 1.90 bits per heavy atom. The Hall–Kier alpha value is -1.65. The summed E-state index contributed by atoms with van der Waals surface area (Å²) >= 11 is 0. The summed E-state index contributed by atoms with van der Waals surface area (Å²) in [5.41, 5.74) is 1.13. The van der Waals surface area contributed by atoms with Crippen LogP contribution in [0.2, 0.25) is 0 Å². The number of rotatable bonds is 5. The molecule has 0 aliphatic heterocycles. The van der Waals surface area contributed by atoms with Gasteiger partial charge in [0.25, 0.3) is 0 Å². The maximum Gasteiger partial charge on any atom is 0.206 e. The van der Waals surface area contributed by atoms with Gasteiger partial charge in [-0.25, -0.2) is 8.42 Å². The van der Waals surface area contributed by atoms with Crippen LogP contribution in [0, 0.1) is 0 Å².